The van der Waals surface area contributed by atoms with Gasteiger partial charge < -0.3 is 10.3 Å². The van der Waals surface area contributed by atoms with Crippen molar-refractivity contribution >= 4 is 27.7 Å². The third-order valence-electron chi connectivity index (χ3n) is 5.29. The summed E-state index contributed by atoms with van der Waals surface area (Å²) >= 11 is 0. The monoisotopic (exact) mass is 458 g/mol. The van der Waals surface area contributed by atoms with Gasteiger partial charge in [0.15, 0.2) is 0 Å². The molecule has 10 heteroatoms. The van der Waals surface area contributed by atoms with E-state index in [2.05, 4.69) is 22.4 Å². The van der Waals surface area contributed by atoms with Gasteiger partial charge in [0.1, 0.15) is 5.82 Å². The van der Waals surface area contributed by atoms with Crippen LogP contribution in [0.15, 0.2) is 53.2 Å². The summed E-state index contributed by atoms with van der Waals surface area (Å²) in [4.78, 5) is 16.4. The lowest BCUT2D eigenvalue weighted by atomic mass is 9.68. The van der Waals surface area contributed by atoms with E-state index in [1.807, 2.05) is 36.4 Å². The van der Waals surface area contributed by atoms with Gasteiger partial charge in [-0.15, -0.1) is 0 Å². The second kappa shape index (κ2) is 9.49. The van der Waals surface area contributed by atoms with Gasteiger partial charge in [0.2, 0.25) is 11.8 Å². The largest absolute Gasteiger partial charge is 0.384 e. The van der Waals surface area contributed by atoms with Gasteiger partial charge in [0, 0.05) is 23.2 Å². The molecule has 0 spiro atoms. The van der Waals surface area contributed by atoms with E-state index in [0.29, 0.717) is 18.0 Å². The molecular formula is C22H26N4O5S. The number of aromatic nitrogens is 2. The SMILES string of the molecule is CC1(c2cc(NC(=O)Cc3ccc(-c4ccc(N)nc4)cc3)on2)CCC1.CS(=O)(=O)O. The van der Waals surface area contributed by atoms with Crippen molar-refractivity contribution in [2.24, 2.45) is 0 Å². The second-order valence-electron chi connectivity index (χ2n) is 8.12. The van der Waals surface area contributed by atoms with E-state index < -0.39 is 10.1 Å². The lowest BCUT2D eigenvalue weighted by molar-refractivity contribution is -0.115. The molecule has 9 nitrogen and oxygen atoms in total. The Labute approximate surface area is 186 Å². The van der Waals surface area contributed by atoms with Crippen LogP contribution in [0.2, 0.25) is 0 Å². The zero-order valence-electron chi connectivity index (χ0n) is 17.9. The summed E-state index contributed by atoms with van der Waals surface area (Å²) in [6, 6.07) is 13.4. The van der Waals surface area contributed by atoms with E-state index in [-0.39, 0.29) is 17.7 Å². The Morgan fingerprint density at radius 2 is 1.81 bits per heavy atom. The maximum absolute atomic E-state index is 12.3. The van der Waals surface area contributed by atoms with E-state index >= 15 is 0 Å². The number of hydrogen-bond donors (Lipinski definition) is 3. The maximum Gasteiger partial charge on any atom is 0.261 e. The van der Waals surface area contributed by atoms with Crippen LogP contribution < -0.4 is 11.1 Å². The Morgan fingerprint density at radius 3 is 2.34 bits per heavy atom. The number of amides is 1. The van der Waals surface area contributed by atoms with Crippen LogP contribution in [-0.2, 0) is 26.7 Å². The average Bonchev–Trinajstić information content (AvgIpc) is 3.15. The molecule has 0 bridgehead atoms. The molecule has 0 saturated heterocycles. The maximum atomic E-state index is 12.3. The number of pyridine rings is 1. The van der Waals surface area contributed by atoms with Gasteiger partial charge in [-0.3, -0.25) is 14.7 Å². The molecule has 2 aromatic heterocycles. The molecular weight excluding hydrogens is 432 g/mol. The van der Waals surface area contributed by atoms with Crippen LogP contribution in [-0.4, -0.2) is 35.3 Å². The lowest BCUT2D eigenvalue weighted by Gasteiger charge is -2.35. The summed E-state index contributed by atoms with van der Waals surface area (Å²) in [5, 5.41) is 6.91. The van der Waals surface area contributed by atoms with Gasteiger partial charge in [-0.25, -0.2) is 4.98 Å². The molecule has 4 N–H and O–H groups in total. The molecule has 1 aromatic carbocycles. The Morgan fingerprint density at radius 1 is 1.19 bits per heavy atom. The molecule has 0 aliphatic heterocycles. The predicted molar refractivity (Wildman–Crippen MR) is 122 cm³/mol. The van der Waals surface area contributed by atoms with E-state index in [9.17, 15) is 13.2 Å². The summed E-state index contributed by atoms with van der Waals surface area (Å²) in [6.45, 7) is 2.18. The zero-order valence-corrected chi connectivity index (χ0v) is 18.7. The first-order chi connectivity index (χ1) is 15.0. The van der Waals surface area contributed by atoms with E-state index in [1.165, 1.54) is 6.42 Å². The topological polar surface area (TPSA) is 148 Å². The first kappa shape index (κ1) is 23.4. The third kappa shape index (κ3) is 6.63. The summed E-state index contributed by atoms with van der Waals surface area (Å²) in [6.07, 6.45) is 6.17. The van der Waals surface area contributed by atoms with Gasteiger partial charge in [-0.05, 0) is 36.1 Å². The van der Waals surface area contributed by atoms with Crippen LogP contribution in [0.25, 0.3) is 11.1 Å². The molecule has 2 heterocycles. The van der Waals surface area contributed by atoms with Crippen molar-refractivity contribution in [2.75, 3.05) is 17.3 Å². The van der Waals surface area contributed by atoms with Crippen LogP contribution in [0.4, 0.5) is 11.7 Å². The van der Waals surface area contributed by atoms with Crippen molar-refractivity contribution < 1.29 is 22.3 Å². The molecule has 4 rings (SSSR count). The normalized spacial score (nSPS) is 14.6. The van der Waals surface area contributed by atoms with Crippen LogP contribution in [0.3, 0.4) is 0 Å². The van der Waals surface area contributed by atoms with Crippen molar-refractivity contribution in [1.29, 1.82) is 0 Å². The number of nitrogens with two attached hydrogens (primary N) is 1. The van der Waals surface area contributed by atoms with Gasteiger partial charge in [-0.2, -0.15) is 8.42 Å². The molecule has 1 fully saturated rings. The predicted octanol–water partition coefficient (Wildman–Crippen LogP) is 3.45. The van der Waals surface area contributed by atoms with Gasteiger partial charge >= 0.3 is 0 Å². The lowest BCUT2D eigenvalue weighted by Crippen LogP contribution is -2.30. The number of anilines is 2. The van der Waals surface area contributed by atoms with Crippen molar-refractivity contribution in [2.45, 2.75) is 38.0 Å². The molecule has 170 valence electrons. The number of nitrogen functional groups attached to an aromatic ring is 1. The third-order valence-corrected chi connectivity index (χ3v) is 5.29. The summed E-state index contributed by atoms with van der Waals surface area (Å²) in [5.74, 6) is 0.778. The smallest absolute Gasteiger partial charge is 0.261 e. The molecule has 0 unspecified atom stereocenters. The van der Waals surface area contributed by atoms with Crippen molar-refractivity contribution in [3.8, 4) is 11.1 Å². The minimum atomic E-state index is -3.67. The van der Waals surface area contributed by atoms with Crippen molar-refractivity contribution in [3.63, 3.8) is 0 Å². The van der Waals surface area contributed by atoms with Crippen LogP contribution in [0.1, 0.15) is 37.4 Å². The number of rotatable bonds is 5. The number of nitrogens with one attached hydrogen (secondary N) is 1. The van der Waals surface area contributed by atoms with Crippen molar-refractivity contribution in [1.82, 2.24) is 10.1 Å². The summed E-state index contributed by atoms with van der Waals surface area (Å²) < 4.78 is 31.2. The van der Waals surface area contributed by atoms with E-state index in [4.69, 9.17) is 14.8 Å². The zero-order chi connectivity index (χ0) is 23.4. The summed E-state index contributed by atoms with van der Waals surface area (Å²) in [7, 11) is -3.67. The number of carbonyl (C=O) groups excluding carboxylic acids is 1. The fourth-order valence-corrected chi connectivity index (χ4v) is 3.34. The highest BCUT2D eigenvalue weighted by atomic mass is 32.2. The van der Waals surface area contributed by atoms with Gasteiger partial charge in [-0.1, -0.05) is 42.8 Å². The Hall–Kier alpha value is -3.24. The van der Waals surface area contributed by atoms with E-state index in [1.54, 1.807) is 12.3 Å². The van der Waals surface area contributed by atoms with Crippen LogP contribution >= 0.6 is 0 Å². The Bertz CT molecular complexity index is 1160. The Balaban J connectivity index is 0.000000523. The van der Waals surface area contributed by atoms with Gasteiger partial charge in [0.05, 0.1) is 18.4 Å². The first-order valence-corrected chi connectivity index (χ1v) is 11.9. The fourth-order valence-electron chi connectivity index (χ4n) is 3.34. The highest BCUT2D eigenvalue weighted by molar-refractivity contribution is 7.85. The van der Waals surface area contributed by atoms with Crippen LogP contribution in [0, 0.1) is 0 Å². The average molecular weight is 459 g/mol. The molecule has 0 radical (unpaired) electrons. The molecule has 32 heavy (non-hydrogen) atoms. The Kier molecular flexibility index (Phi) is 6.95. The number of benzene rings is 1. The molecule has 3 aromatic rings. The minimum absolute atomic E-state index is 0.0965. The molecule has 1 aliphatic carbocycles. The molecule has 1 amide bonds. The quantitative estimate of drug-likeness (QED) is 0.492. The first-order valence-electron chi connectivity index (χ1n) is 10.0. The van der Waals surface area contributed by atoms with E-state index in [0.717, 1.165) is 35.2 Å². The summed E-state index contributed by atoms with van der Waals surface area (Å²) in [5.41, 5.74) is 9.57. The van der Waals surface area contributed by atoms with Gasteiger partial charge in [0.25, 0.3) is 10.1 Å². The highest BCUT2D eigenvalue weighted by Gasteiger charge is 2.36. The molecule has 1 aliphatic rings. The standard InChI is InChI=1S/C21H22N4O2.CH4O3S/c1-21(9-2-10-21)17-12-20(27-25-17)24-19(26)11-14-3-5-15(6-4-14)16-7-8-18(22)23-13-16;1-5(2,3)4/h3-8,12-13H,2,9-11H2,1H3,(H2,22,23)(H,24,26);1H3,(H,2,3,4). The number of carbonyl (C=O) groups is 1. The number of nitrogens with zero attached hydrogens (tertiary/aromatic N) is 2. The molecule has 0 atom stereocenters. The van der Waals surface area contributed by atoms with Crippen molar-refractivity contribution in [3.05, 3.63) is 59.9 Å². The second-order valence-corrected chi connectivity index (χ2v) is 9.58. The fraction of sp³-hybridized carbons (Fsp3) is 0.318. The molecule has 1 saturated carbocycles. The number of hydrogen-bond acceptors (Lipinski definition) is 7. The van der Waals surface area contributed by atoms with Crippen LogP contribution in [0.5, 0.6) is 0 Å². The minimum Gasteiger partial charge on any atom is -0.384 e. The highest BCUT2D eigenvalue weighted by Crippen LogP contribution is 2.43.